The number of hydrogen-bond donors (Lipinski definition) is 1. The van der Waals surface area contributed by atoms with E-state index in [4.69, 9.17) is 17.0 Å². The molecule has 0 fully saturated rings. The summed E-state index contributed by atoms with van der Waals surface area (Å²) >= 11 is 5.72. The molecule has 14 heavy (non-hydrogen) atoms. The number of aromatic nitrogens is 1. The van der Waals surface area contributed by atoms with E-state index in [9.17, 15) is 0 Å². The molecule has 0 aliphatic carbocycles. The molecule has 0 unspecified atom stereocenters. The van der Waals surface area contributed by atoms with Crippen molar-refractivity contribution in [3.63, 3.8) is 0 Å². The summed E-state index contributed by atoms with van der Waals surface area (Å²) in [6.45, 7) is 5.68. The monoisotopic (exact) mass is 211 g/mol. The van der Waals surface area contributed by atoms with Gasteiger partial charge in [-0.3, -0.25) is 10.4 Å². The van der Waals surface area contributed by atoms with Gasteiger partial charge in [0.05, 0.1) is 5.02 Å². The molecule has 0 saturated heterocycles. The van der Waals surface area contributed by atoms with E-state index in [1.807, 2.05) is 18.7 Å². The number of rotatable bonds is 3. The van der Waals surface area contributed by atoms with Crippen LogP contribution in [0.5, 0.6) is 0 Å². The molecule has 1 aromatic rings. The fraction of sp³-hybridized carbons (Fsp3) is 0.400. The topological polar surface area (TPSA) is 40.0 Å². The first-order valence-corrected chi connectivity index (χ1v) is 5.02. The molecule has 3 nitrogen and oxygen atoms in total. The highest BCUT2D eigenvalue weighted by molar-refractivity contribution is 6.30. The largest absolute Gasteiger partial charge is 0.356 e. The minimum atomic E-state index is 0.451. The summed E-state index contributed by atoms with van der Waals surface area (Å²) < 4.78 is 0. The Bertz CT molecular complexity index is 304. The Morgan fingerprint density at radius 1 is 1.43 bits per heavy atom. The number of halogens is 1. The summed E-state index contributed by atoms with van der Waals surface area (Å²) in [7, 11) is 0. The van der Waals surface area contributed by atoms with Gasteiger partial charge in [0.2, 0.25) is 0 Å². The zero-order valence-electron chi connectivity index (χ0n) is 8.42. The van der Waals surface area contributed by atoms with E-state index in [2.05, 4.69) is 4.98 Å². The molecule has 0 amide bonds. The Labute approximate surface area is 89.2 Å². The Hall–Kier alpha value is -1.09. The highest BCUT2D eigenvalue weighted by atomic mass is 35.5. The molecule has 1 N–H and O–H groups in total. The smallest absolute Gasteiger partial charge is 0.147 e. The molecule has 1 rings (SSSR count). The molecule has 0 aliphatic heterocycles. The first-order chi connectivity index (χ1) is 6.69. The summed E-state index contributed by atoms with van der Waals surface area (Å²) in [5, 5.41) is 8.48. The van der Waals surface area contributed by atoms with E-state index < -0.39 is 0 Å². The van der Waals surface area contributed by atoms with Crippen LogP contribution in [-0.2, 0) is 0 Å². The average Bonchev–Trinajstić information content (AvgIpc) is 2.20. The van der Waals surface area contributed by atoms with E-state index >= 15 is 0 Å². The van der Waals surface area contributed by atoms with Crippen LogP contribution in [0.4, 0.5) is 0 Å². The van der Waals surface area contributed by atoms with Gasteiger partial charge in [0, 0.05) is 19.3 Å². The Morgan fingerprint density at radius 2 is 2.07 bits per heavy atom. The van der Waals surface area contributed by atoms with Crippen LogP contribution >= 0.6 is 11.6 Å². The lowest BCUT2D eigenvalue weighted by atomic mass is 10.3. The van der Waals surface area contributed by atoms with Crippen molar-refractivity contribution in [3.05, 3.63) is 29.0 Å². The average molecular weight is 212 g/mol. The molecule has 1 aromatic heterocycles. The van der Waals surface area contributed by atoms with E-state index in [0.29, 0.717) is 16.6 Å². The predicted octanol–water partition coefficient (Wildman–Crippen LogP) is 2.40. The van der Waals surface area contributed by atoms with E-state index in [0.717, 1.165) is 13.1 Å². The molecule has 0 aliphatic rings. The maximum absolute atomic E-state index is 7.88. The quantitative estimate of drug-likeness (QED) is 0.616. The second kappa shape index (κ2) is 4.96. The Morgan fingerprint density at radius 3 is 2.50 bits per heavy atom. The van der Waals surface area contributed by atoms with Crippen molar-refractivity contribution in [3.8, 4) is 0 Å². The molecule has 0 radical (unpaired) electrons. The van der Waals surface area contributed by atoms with Gasteiger partial charge in [0.25, 0.3) is 0 Å². The third-order valence-electron chi connectivity index (χ3n) is 2.05. The number of nitrogens with zero attached hydrogens (tertiary/aromatic N) is 2. The van der Waals surface area contributed by atoms with Crippen LogP contribution in [0.25, 0.3) is 0 Å². The molecular formula is C10H14ClN3. The van der Waals surface area contributed by atoms with Crippen LogP contribution in [0, 0.1) is 5.41 Å². The number of amidine groups is 1. The van der Waals surface area contributed by atoms with Crippen LogP contribution in [0.1, 0.15) is 19.5 Å². The SMILES string of the molecule is CCN(CC)C(=N)c1ccc(Cl)cn1. The third kappa shape index (κ3) is 2.45. The maximum atomic E-state index is 7.88. The van der Waals surface area contributed by atoms with Crippen LogP contribution < -0.4 is 0 Å². The standard InChI is InChI=1S/C10H14ClN3/c1-3-14(4-2)10(12)9-6-5-8(11)7-13-9/h5-7,12H,3-4H2,1-2H3. The van der Waals surface area contributed by atoms with Gasteiger partial charge in [-0.1, -0.05) is 11.6 Å². The second-order valence-electron chi connectivity index (χ2n) is 2.88. The van der Waals surface area contributed by atoms with Gasteiger partial charge >= 0.3 is 0 Å². The second-order valence-corrected chi connectivity index (χ2v) is 3.32. The predicted molar refractivity (Wildman–Crippen MR) is 59.0 cm³/mol. The third-order valence-corrected chi connectivity index (χ3v) is 2.27. The Kier molecular flexibility index (Phi) is 3.89. The van der Waals surface area contributed by atoms with Crippen LogP contribution in [-0.4, -0.2) is 28.8 Å². The Balaban J connectivity index is 2.83. The maximum Gasteiger partial charge on any atom is 0.147 e. The highest BCUT2D eigenvalue weighted by Crippen LogP contribution is 2.08. The molecule has 0 aromatic carbocycles. The summed E-state index contributed by atoms with van der Waals surface area (Å²) in [5.74, 6) is 0.451. The lowest BCUT2D eigenvalue weighted by molar-refractivity contribution is 0.462. The van der Waals surface area contributed by atoms with Gasteiger partial charge < -0.3 is 4.90 Å². The summed E-state index contributed by atoms with van der Waals surface area (Å²) in [5.41, 5.74) is 0.665. The van der Waals surface area contributed by atoms with Crippen molar-refractivity contribution in [2.45, 2.75) is 13.8 Å². The van der Waals surface area contributed by atoms with Gasteiger partial charge in [-0.15, -0.1) is 0 Å². The van der Waals surface area contributed by atoms with Crippen LogP contribution in [0.3, 0.4) is 0 Å². The molecule has 76 valence electrons. The molecule has 0 bridgehead atoms. The minimum Gasteiger partial charge on any atom is -0.356 e. The first kappa shape index (κ1) is 11.0. The summed E-state index contributed by atoms with van der Waals surface area (Å²) in [4.78, 5) is 6.04. The fourth-order valence-corrected chi connectivity index (χ4v) is 1.33. The molecular weight excluding hydrogens is 198 g/mol. The lowest BCUT2D eigenvalue weighted by Gasteiger charge is -2.20. The van der Waals surface area contributed by atoms with Crippen molar-refractivity contribution in [1.82, 2.24) is 9.88 Å². The zero-order valence-corrected chi connectivity index (χ0v) is 9.17. The molecule has 0 atom stereocenters. The number of hydrogen-bond acceptors (Lipinski definition) is 2. The number of nitrogens with one attached hydrogen (secondary N) is 1. The van der Waals surface area contributed by atoms with E-state index in [1.54, 1.807) is 18.3 Å². The zero-order chi connectivity index (χ0) is 10.6. The van der Waals surface area contributed by atoms with Crippen LogP contribution in [0.15, 0.2) is 18.3 Å². The van der Waals surface area contributed by atoms with Gasteiger partial charge in [0.1, 0.15) is 11.5 Å². The molecule has 0 saturated carbocycles. The van der Waals surface area contributed by atoms with E-state index in [-0.39, 0.29) is 0 Å². The number of pyridine rings is 1. The first-order valence-electron chi connectivity index (χ1n) is 4.64. The summed E-state index contributed by atoms with van der Waals surface area (Å²) in [6.07, 6.45) is 1.56. The molecule has 0 spiro atoms. The molecule has 1 heterocycles. The fourth-order valence-electron chi connectivity index (χ4n) is 1.22. The van der Waals surface area contributed by atoms with Crippen molar-refractivity contribution >= 4 is 17.4 Å². The van der Waals surface area contributed by atoms with Gasteiger partial charge in [-0.25, -0.2) is 0 Å². The highest BCUT2D eigenvalue weighted by Gasteiger charge is 2.08. The minimum absolute atomic E-state index is 0.451. The van der Waals surface area contributed by atoms with Gasteiger partial charge in [-0.05, 0) is 26.0 Å². The van der Waals surface area contributed by atoms with Crippen molar-refractivity contribution < 1.29 is 0 Å². The van der Waals surface area contributed by atoms with Crippen LogP contribution in [0.2, 0.25) is 5.02 Å². The van der Waals surface area contributed by atoms with E-state index in [1.165, 1.54) is 0 Å². The summed E-state index contributed by atoms with van der Waals surface area (Å²) in [6, 6.07) is 3.52. The van der Waals surface area contributed by atoms with Crippen molar-refractivity contribution in [2.24, 2.45) is 0 Å². The van der Waals surface area contributed by atoms with Crippen molar-refractivity contribution in [2.75, 3.05) is 13.1 Å². The van der Waals surface area contributed by atoms with Crippen molar-refractivity contribution in [1.29, 1.82) is 5.41 Å². The lowest BCUT2D eigenvalue weighted by Crippen LogP contribution is -2.31. The normalized spacial score (nSPS) is 9.93. The van der Waals surface area contributed by atoms with Gasteiger partial charge in [0.15, 0.2) is 0 Å². The van der Waals surface area contributed by atoms with Gasteiger partial charge in [-0.2, -0.15) is 0 Å². The molecule has 4 heteroatoms.